The molecule has 1 atom stereocenters. The lowest BCUT2D eigenvalue weighted by Crippen LogP contribution is -2.35. The lowest BCUT2D eigenvalue weighted by Gasteiger charge is -2.30. The van der Waals surface area contributed by atoms with Crippen LogP contribution in [0.1, 0.15) is 41.2 Å². The van der Waals surface area contributed by atoms with Crippen molar-refractivity contribution in [2.24, 2.45) is 0 Å². The molecule has 0 saturated heterocycles. The standard InChI is InChI=1S/C29H32N6O4/c1-4-38-23-11-8-21(9-12-23)18-34(19-24-6-5-14-39-24)27(28-31-32-33-35(28)13-15-37-3)25-17-22-10-7-20(2)16-26(22)30-29(25)36/h5-12,14,16-17,27H,4,13,15,18-19H2,1-3H3,(H,30,36). The molecule has 0 spiro atoms. The van der Waals surface area contributed by atoms with E-state index in [1.54, 1.807) is 18.1 Å². The molecule has 3 aromatic heterocycles. The maximum absolute atomic E-state index is 13.7. The molecule has 5 rings (SSSR count). The topological polar surface area (TPSA) is 111 Å². The number of aryl methyl sites for hydroxylation is 1. The molecule has 5 aromatic rings. The van der Waals surface area contributed by atoms with Crippen LogP contribution in [0.4, 0.5) is 0 Å². The zero-order chi connectivity index (χ0) is 27.2. The molecule has 1 N–H and O–H groups in total. The number of H-pyrrole nitrogens is 1. The number of benzene rings is 2. The van der Waals surface area contributed by atoms with Crippen molar-refractivity contribution in [1.29, 1.82) is 0 Å². The van der Waals surface area contributed by atoms with Gasteiger partial charge >= 0.3 is 0 Å². The van der Waals surface area contributed by atoms with Crippen molar-refractivity contribution in [3.8, 4) is 5.75 Å². The number of nitrogens with one attached hydrogen (secondary N) is 1. The quantitative estimate of drug-likeness (QED) is 0.256. The number of tetrazole rings is 1. The smallest absolute Gasteiger partial charge is 0.253 e. The highest BCUT2D eigenvalue weighted by atomic mass is 16.5. The highest BCUT2D eigenvalue weighted by molar-refractivity contribution is 5.79. The van der Waals surface area contributed by atoms with Gasteiger partial charge in [-0.2, -0.15) is 0 Å². The van der Waals surface area contributed by atoms with Gasteiger partial charge in [0.1, 0.15) is 17.6 Å². The van der Waals surface area contributed by atoms with Crippen molar-refractivity contribution in [2.75, 3.05) is 20.3 Å². The molecule has 1 unspecified atom stereocenters. The summed E-state index contributed by atoms with van der Waals surface area (Å²) in [4.78, 5) is 18.9. The molecule has 0 fully saturated rings. The third-order valence-corrected chi connectivity index (χ3v) is 6.56. The van der Waals surface area contributed by atoms with E-state index in [0.29, 0.717) is 44.2 Å². The Kier molecular flexibility index (Phi) is 8.14. The van der Waals surface area contributed by atoms with E-state index in [2.05, 4.69) is 25.4 Å². The van der Waals surface area contributed by atoms with Crippen LogP contribution in [0.5, 0.6) is 5.75 Å². The number of aromatic amines is 1. The summed E-state index contributed by atoms with van der Waals surface area (Å²) in [6.45, 7) is 6.35. The Morgan fingerprint density at radius 1 is 1.10 bits per heavy atom. The van der Waals surface area contributed by atoms with Crippen molar-refractivity contribution < 1.29 is 13.9 Å². The monoisotopic (exact) mass is 528 g/mol. The van der Waals surface area contributed by atoms with E-state index in [0.717, 1.165) is 33.5 Å². The predicted molar refractivity (Wildman–Crippen MR) is 146 cm³/mol. The summed E-state index contributed by atoms with van der Waals surface area (Å²) < 4.78 is 18.4. The minimum absolute atomic E-state index is 0.199. The molecule has 0 aliphatic carbocycles. The molecule has 0 amide bonds. The molecule has 3 heterocycles. The lowest BCUT2D eigenvalue weighted by atomic mass is 10.0. The van der Waals surface area contributed by atoms with Crippen LogP contribution in [0.25, 0.3) is 10.9 Å². The van der Waals surface area contributed by atoms with Gasteiger partial charge < -0.3 is 18.9 Å². The maximum atomic E-state index is 13.7. The van der Waals surface area contributed by atoms with E-state index >= 15 is 0 Å². The van der Waals surface area contributed by atoms with E-state index in [9.17, 15) is 4.79 Å². The number of pyridine rings is 1. The van der Waals surface area contributed by atoms with Gasteiger partial charge in [-0.15, -0.1) is 5.10 Å². The first-order chi connectivity index (χ1) is 19.1. The molecule has 39 heavy (non-hydrogen) atoms. The zero-order valence-electron chi connectivity index (χ0n) is 22.3. The molecule has 0 saturated carbocycles. The highest BCUT2D eigenvalue weighted by Crippen LogP contribution is 2.30. The molecule has 0 radical (unpaired) electrons. The van der Waals surface area contributed by atoms with Gasteiger partial charge in [-0.05, 0) is 77.2 Å². The highest BCUT2D eigenvalue weighted by Gasteiger charge is 2.31. The minimum atomic E-state index is -0.581. The average Bonchev–Trinajstić information content (AvgIpc) is 3.61. The van der Waals surface area contributed by atoms with Gasteiger partial charge in [0.25, 0.3) is 5.56 Å². The van der Waals surface area contributed by atoms with Crippen LogP contribution < -0.4 is 10.3 Å². The van der Waals surface area contributed by atoms with Crippen molar-refractivity contribution >= 4 is 10.9 Å². The molecule has 10 heteroatoms. The minimum Gasteiger partial charge on any atom is -0.494 e. The Hall–Kier alpha value is -4.28. The first-order valence-corrected chi connectivity index (χ1v) is 12.9. The van der Waals surface area contributed by atoms with Crippen LogP contribution in [0.2, 0.25) is 0 Å². The number of nitrogens with zero attached hydrogens (tertiary/aromatic N) is 5. The lowest BCUT2D eigenvalue weighted by molar-refractivity contribution is 0.163. The second-order valence-electron chi connectivity index (χ2n) is 9.36. The van der Waals surface area contributed by atoms with Gasteiger partial charge in [-0.25, -0.2) is 4.68 Å². The van der Waals surface area contributed by atoms with Gasteiger partial charge in [0, 0.05) is 24.7 Å². The predicted octanol–water partition coefficient (Wildman–Crippen LogP) is 4.25. The Morgan fingerprint density at radius 2 is 1.95 bits per heavy atom. The second kappa shape index (κ2) is 12.1. The maximum Gasteiger partial charge on any atom is 0.253 e. The van der Waals surface area contributed by atoms with Crippen LogP contribution in [-0.4, -0.2) is 50.4 Å². The van der Waals surface area contributed by atoms with E-state index in [-0.39, 0.29) is 5.56 Å². The Bertz CT molecular complexity index is 1560. The summed E-state index contributed by atoms with van der Waals surface area (Å²) in [5, 5.41) is 13.5. The van der Waals surface area contributed by atoms with Crippen molar-refractivity contribution in [3.05, 3.63) is 106 Å². The molecule has 202 valence electrons. The van der Waals surface area contributed by atoms with Gasteiger partial charge in [-0.3, -0.25) is 9.69 Å². The summed E-state index contributed by atoms with van der Waals surface area (Å²) >= 11 is 0. The molecule has 10 nitrogen and oxygen atoms in total. The third-order valence-electron chi connectivity index (χ3n) is 6.56. The van der Waals surface area contributed by atoms with Crippen LogP contribution in [0, 0.1) is 6.92 Å². The first-order valence-electron chi connectivity index (χ1n) is 12.9. The van der Waals surface area contributed by atoms with Gasteiger partial charge in [0.2, 0.25) is 0 Å². The fourth-order valence-electron chi connectivity index (χ4n) is 4.71. The summed E-state index contributed by atoms with van der Waals surface area (Å²) in [6, 6.07) is 19.1. The molecule has 0 aliphatic rings. The Labute approximate surface area is 226 Å². The number of aromatic nitrogens is 5. The molecular formula is C29H32N6O4. The number of rotatable bonds is 12. The summed E-state index contributed by atoms with van der Waals surface area (Å²) in [5.74, 6) is 2.11. The number of methoxy groups -OCH3 is 1. The normalized spacial score (nSPS) is 12.3. The van der Waals surface area contributed by atoms with Crippen LogP contribution >= 0.6 is 0 Å². The molecule has 2 aromatic carbocycles. The zero-order valence-corrected chi connectivity index (χ0v) is 22.3. The molecule has 0 aliphatic heterocycles. The summed E-state index contributed by atoms with van der Waals surface area (Å²) in [7, 11) is 1.63. The van der Waals surface area contributed by atoms with E-state index in [1.807, 2.05) is 74.5 Å². The van der Waals surface area contributed by atoms with Crippen molar-refractivity contribution in [3.63, 3.8) is 0 Å². The van der Waals surface area contributed by atoms with Gasteiger partial charge in [0.15, 0.2) is 5.82 Å². The second-order valence-corrected chi connectivity index (χ2v) is 9.36. The number of fused-ring (bicyclic) bond motifs is 1. The fraction of sp³-hybridized carbons (Fsp3) is 0.310. The van der Waals surface area contributed by atoms with Crippen molar-refractivity contribution in [2.45, 2.75) is 39.5 Å². The van der Waals surface area contributed by atoms with Crippen molar-refractivity contribution in [1.82, 2.24) is 30.1 Å². The van der Waals surface area contributed by atoms with Gasteiger partial charge in [-0.1, -0.05) is 24.3 Å². The van der Waals surface area contributed by atoms with Crippen LogP contribution in [0.3, 0.4) is 0 Å². The fourth-order valence-corrected chi connectivity index (χ4v) is 4.71. The number of ether oxygens (including phenoxy) is 2. The average molecular weight is 529 g/mol. The largest absolute Gasteiger partial charge is 0.494 e. The van der Waals surface area contributed by atoms with E-state index in [1.165, 1.54) is 0 Å². The summed E-state index contributed by atoms with van der Waals surface area (Å²) in [5.41, 5.74) is 3.23. The number of furan rings is 1. The van der Waals surface area contributed by atoms with Crippen LogP contribution in [0.15, 0.2) is 76.1 Å². The molecular weight excluding hydrogens is 496 g/mol. The van der Waals surface area contributed by atoms with Gasteiger partial charge in [0.05, 0.1) is 32.6 Å². The number of hydrogen-bond acceptors (Lipinski definition) is 8. The Balaban J connectivity index is 1.64. The van der Waals surface area contributed by atoms with E-state index < -0.39 is 6.04 Å². The molecule has 0 bridgehead atoms. The third kappa shape index (κ3) is 6.08. The SMILES string of the molecule is CCOc1ccc(CN(Cc2ccco2)C(c2cc3ccc(C)cc3[nH]c2=O)c2nnnn2CCOC)cc1. The Morgan fingerprint density at radius 3 is 2.69 bits per heavy atom. The van der Waals surface area contributed by atoms with Crippen LogP contribution in [-0.2, 0) is 24.4 Å². The number of hydrogen-bond donors (Lipinski definition) is 1. The summed E-state index contributed by atoms with van der Waals surface area (Å²) in [6.07, 6.45) is 1.65. The van der Waals surface area contributed by atoms with E-state index in [4.69, 9.17) is 13.9 Å². The first kappa shape index (κ1) is 26.3.